The molecule has 0 saturated carbocycles. The molecule has 0 bridgehead atoms. The third kappa shape index (κ3) is 4.56. The highest BCUT2D eigenvalue weighted by Gasteiger charge is 2.12. The van der Waals surface area contributed by atoms with E-state index in [2.05, 4.69) is 21.2 Å². The highest BCUT2D eigenvalue weighted by atomic mass is 79.9. The first-order chi connectivity index (χ1) is 8.04. The molecule has 1 aromatic carbocycles. The molecule has 0 radical (unpaired) electrons. The van der Waals surface area contributed by atoms with E-state index in [9.17, 15) is 4.79 Å². The minimum atomic E-state index is -0.263. The van der Waals surface area contributed by atoms with Crippen molar-refractivity contribution in [2.45, 2.75) is 25.1 Å². The van der Waals surface area contributed by atoms with Crippen molar-refractivity contribution < 1.29 is 9.53 Å². The van der Waals surface area contributed by atoms with Crippen LogP contribution in [0.1, 0.15) is 20.3 Å². The molecule has 1 atom stereocenters. The molecule has 94 valence electrons. The maximum Gasteiger partial charge on any atom is 0.237 e. The molecule has 3 nitrogen and oxygen atoms in total. The number of alkyl halides is 1. The van der Waals surface area contributed by atoms with E-state index in [0.29, 0.717) is 23.1 Å². The molecule has 1 N–H and O–H groups in total. The van der Waals surface area contributed by atoms with E-state index in [1.165, 1.54) is 0 Å². The summed E-state index contributed by atoms with van der Waals surface area (Å²) in [6.45, 7) is 4.38. The molecule has 5 heteroatoms. The highest BCUT2D eigenvalue weighted by Crippen LogP contribution is 2.28. The Morgan fingerprint density at radius 1 is 1.59 bits per heavy atom. The highest BCUT2D eigenvalue weighted by molar-refractivity contribution is 9.10. The number of nitrogens with one attached hydrogen (secondary N) is 1. The zero-order valence-corrected chi connectivity index (χ0v) is 12.1. The fourth-order valence-electron chi connectivity index (χ4n) is 1.17. The van der Waals surface area contributed by atoms with Gasteiger partial charge in [0.2, 0.25) is 5.91 Å². The second kappa shape index (κ2) is 6.87. The first kappa shape index (κ1) is 14.3. The van der Waals surface area contributed by atoms with Crippen molar-refractivity contribution in [2.75, 3.05) is 11.9 Å². The van der Waals surface area contributed by atoms with Gasteiger partial charge in [-0.1, -0.05) is 34.5 Å². The molecule has 1 aromatic rings. The summed E-state index contributed by atoms with van der Waals surface area (Å²) in [6.07, 6.45) is 0.908. The number of hydrogen-bond acceptors (Lipinski definition) is 2. The number of anilines is 1. The lowest BCUT2D eigenvalue weighted by molar-refractivity contribution is -0.115. The van der Waals surface area contributed by atoms with Gasteiger partial charge in [0, 0.05) is 5.02 Å². The zero-order valence-electron chi connectivity index (χ0n) is 9.80. The van der Waals surface area contributed by atoms with Crippen LogP contribution in [0, 0.1) is 0 Å². The summed E-state index contributed by atoms with van der Waals surface area (Å²) in [5.41, 5.74) is 0.599. The third-order valence-electron chi connectivity index (χ3n) is 2.02. The number of carbonyl (C=O) groups excluding carboxylic acids is 1. The average Bonchev–Trinajstić information content (AvgIpc) is 2.28. The van der Waals surface area contributed by atoms with Gasteiger partial charge in [0.05, 0.1) is 17.1 Å². The van der Waals surface area contributed by atoms with Crippen LogP contribution in [-0.2, 0) is 4.79 Å². The van der Waals surface area contributed by atoms with Gasteiger partial charge < -0.3 is 10.1 Å². The van der Waals surface area contributed by atoms with E-state index in [-0.39, 0.29) is 10.7 Å². The van der Waals surface area contributed by atoms with Crippen LogP contribution in [0.5, 0.6) is 5.75 Å². The largest absolute Gasteiger partial charge is 0.491 e. The van der Waals surface area contributed by atoms with E-state index in [1.54, 1.807) is 25.1 Å². The molecule has 17 heavy (non-hydrogen) atoms. The van der Waals surface area contributed by atoms with Crippen molar-refractivity contribution in [1.29, 1.82) is 0 Å². The summed E-state index contributed by atoms with van der Waals surface area (Å²) in [7, 11) is 0. The Morgan fingerprint density at radius 2 is 2.29 bits per heavy atom. The Kier molecular flexibility index (Phi) is 5.78. The van der Waals surface area contributed by atoms with Crippen molar-refractivity contribution in [3.63, 3.8) is 0 Å². The minimum absolute atomic E-state index is 0.131. The van der Waals surface area contributed by atoms with E-state index in [0.717, 1.165) is 6.42 Å². The van der Waals surface area contributed by atoms with Gasteiger partial charge in [-0.2, -0.15) is 0 Å². The third-order valence-corrected chi connectivity index (χ3v) is 2.67. The number of ether oxygens (including phenoxy) is 1. The Labute approximate surface area is 115 Å². The van der Waals surface area contributed by atoms with Crippen molar-refractivity contribution in [1.82, 2.24) is 0 Å². The number of amides is 1. The van der Waals surface area contributed by atoms with E-state index in [4.69, 9.17) is 16.3 Å². The van der Waals surface area contributed by atoms with Crippen LogP contribution in [0.2, 0.25) is 5.02 Å². The summed E-state index contributed by atoms with van der Waals surface area (Å²) in [5.74, 6) is 0.506. The normalized spacial score (nSPS) is 12.0. The molecule has 0 heterocycles. The van der Waals surface area contributed by atoms with Gasteiger partial charge in [0.1, 0.15) is 5.75 Å². The first-order valence-electron chi connectivity index (χ1n) is 5.42. The summed E-state index contributed by atoms with van der Waals surface area (Å²) >= 11 is 9.10. The Bertz CT molecular complexity index is 396. The van der Waals surface area contributed by atoms with Crippen LogP contribution in [0.15, 0.2) is 18.2 Å². The minimum Gasteiger partial charge on any atom is -0.491 e. The lowest BCUT2D eigenvalue weighted by atomic mass is 10.2. The second-order valence-corrected chi connectivity index (χ2v) is 5.40. The molecule has 0 fully saturated rings. The lowest BCUT2D eigenvalue weighted by Gasteiger charge is -2.13. The van der Waals surface area contributed by atoms with Gasteiger partial charge in [0.25, 0.3) is 0 Å². The predicted octanol–water partition coefficient (Wildman–Crippen LogP) is 3.85. The van der Waals surface area contributed by atoms with Gasteiger partial charge in [-0.3, -0.25) is 4.79 Å². The Balaban J connectivity index is 2.86. The predicted molar refractivity (Wildman–Crippen MR) is 74.3 cm³/mol. The first-order valence-corrected chi connectivity index (χ1v) is 6.71. The van der Waals surface area contributed by atoms with Crippen molar-refractivity contribution in [3.8, 4) is 5.75 Å². The van der Waals surface area contributed by atoms with Gasteiger partial charge in [-0.05, 0) is 31.5 Å². The maximum atomic E-state index is 11.6. The standard InChI is InChI=1S/C12H15BrClNO2/c1-3-6-17-11-5-4-9(14)7-10(11)15-12(16)8(2)13/h4-5,7-8H,3,6H2,1-2H3,(H,15,16). The molecule has 0 aliphatic heterocycles. The topological polar surface area (TPSA) is 38.3 Å². The molecule has 0 aliphatic rings. The summed E-state index contributed by atoms with van der Waals surface area (Å²) in [6, 6.07) is 5.17. The fraction of sp³-hybridized carbons (Fsp3) is 0.417. The van der Waals surface area contributed by atoms with E-state index in [1.807, 2.05) is 6.92 Å². The SMILES string of the molecule is CCCOc1ccc(Cl)cc1NC(=O)C(C)Br. The summed E-state index contributed by atoms with van der Waals surface area (Å²) < 4.78 is 5.53. The molecule has 0 saturated heterocycles. The smallest absolute Gasteiger partial charge is 0.237 e. The van der Waals surface area contributed by atoms with Gasteiger partial charge in [0.15, 0.2) is 0 Å². The monoisotopic (exact) mass is 319 g/mol. The second-order valence-electron chi connectivity index (χ2n) is 3.59. The maximum absolute atomic E-state index is 11.6. The quantitative estimate of drug-likeness (QED) is 0.837. The Morgan fingerprint density at radius 3 is 2.88 bits per heavy atom. The van der Waals surface area contributed by atoms with Crippen LogP contribution < -0.4 is 10.1 Å². The van der Waals surface area contributed by atoms with Crippen LogP contribution in [0.4, 0.5) is 5.69 Å². The van der Waals surface area contributed by atoms with Gasteiger partial charge in [-0.15, -0.1) is 0 Å². The number of carbonyl (C=O) groups is 1. The number of rotatable bonds is 5. The molecule has 1 rings (SSSR count). The molecule has 0 aliphatic carbocycles. The van der Waals surface area contributed by atoms with Crippen LogP contribution in [-0.4, -0.2) is 17.3 Å². The summed E-state index contributed by atoms with van der Waals surface area (Å²) in [5, 5.41) is 3.33. The average molecular weight is 321 g/mol. The number of halogens is 2. The van der Waals surface area contributed by atoms with Crippen molar-refractivity contribution in [2.24, 2.45) is 0 Å². The lowest BCUT2D eigenvalue weighted by Crippen LogP contribution is -2.20. The number of benzene rings is 1. The molecule has 0 spiro atoms. The van der Waals surface area contributed by atoms with Crippen molar-refractivity contribution in [3.05, 3.63) is 23.2 Å². The zero-order chi connectivity index (χ0) is 12.8. The van der Waals surface area contributed by atoms with E-state index < -0.39 is 0 Å². The summed E-state index contributed by atoms with van der Waals surface area (Å²) in [4.78, 5) is 11.3. The molecule has 1 unspecified atom stereocenters. The van der Waals surface area contributed by atoms with Gasteiger partial charge in [-0.25, -0.2) is 0 Å². The number of hydrogen-bond donors (Lipinski definition) is 1. The van der Waals surface area contributed by atoms with E-state index >= 15 is 0 Å². The van der Waals surface area contributed by atoms with Crippen LogP contribution >= 0.6 is 27.5 Å². The van der Waals surface area contributed by atoms with Crippen LogP contribution in [0.3, 0.4) is 0 Å². The van der Waals surface area contributed by atoms with Crippen molar-refractivity contribution >= 4 is 39.1 Å². The Hall–Kier alpha value is -0.740. The molecule has 1 amide bonds. The molecule has 0 aromatic heterocycles. The molecular weight excluding hydrogens is 305 g/mol. The molecular formula is C12H15BrClNO2. The van der Waals surface area contributed by atoms with Crippen LogP contribution in [0.25, 0.3) is 0 Å². The van der Waals surface area contributed by atoms with Gasteiger partial charge >= 0.3 is 0 Å². The fourth-order valence-corrected chi connectivity index (χ4v) is 1.46.